The molecule has 0 aromatic carbocycles. The maximum Gasteiger partial charge on any atom is 0.0960 e. The SMILES string of the molecule is CC(C)=C1CN(C2([C@H]3CC=C(F)CC3)CC2)CCN1N. The number of halogens is 1. The summed E-state index contributed by atoms with van der Waals surface area (Å²) >= 11 is 0. The van der Waals surface area contributed by atoms with Crippen LogP contribution in [0, 0.1) is 5.92 Å². The third-order valence-corrected chi connectivity index (χ3v) is 5.38. The van der Waals surface area contributed by atoms with Gasteiger partial charge in [-0.05, 0) is 51.9 Å². The molecule has 1 saturated carbocycles. The van der Waals surface area contributed by atoms with Crippen LogP contribution in [0.1, 0.15) is 46.0 Å². The summed E-state index contributed by atoms with van der Waals surface area (Å²) in [5.41, 5.74) is 2.90. The molecule has 2 aliphatic carbocycles. The zero-order valence-electron chi connectivity index (χ0n) is 12.7. The van der Waals surface area contributed by atoms with E-state index < -0.39 is 0 Å². The molecular weight excluding hydrogens is 253 g/mol. The van der Waals surface area contributed by atoms with Crippen molar-refractivity contribution in [3.63, 3.8) is 0 Å². The van der Waals surface area contributed by atoms with Gasteiger partial charge in [-0.3, -0.25) is 4.90 Å². The predicted octanol–water partition coefficient (Wildman–Crippen LogP) is 2.96. The van der Waals surface area contributed by atoms with Gasteiger partial charge in [-0.2, -0.15) is 0 Å². The van der Waals surface area contributed by atoms with E-state index in [1.165, 1.54) is 24.1 Å². The highest BCUT2D eigenvalue weighted by Gasteiger charge is 2.54. The smallest absolute Gasteiger partial charge is 0.0960 e. The molecule has 20 heavy (non-hydrogen) atoms. The van der Waals surface area contributed by atoms with Crippen LogP contribution in [-0.2, 0) is 0 Å². The zero-order chi connectivity index (χ0) is 14.3. The molecule has 2 N–H and O–H groups in total. The van der Waals surface area contributed by atoms with Gasteiger partial charge in [0.2, 0.25) is 0 Å². The van der Waals surface area contributed by atoms with Crippen molar-refractivity contribution in [2.75, 3.05) is 19.6 Å². The normalized spacial score (nSPS) is 30.2. The number of hydrazine groups is 1. The van der Waals surface area contributed by atoms with Crippen LogP contribution in [0.25, 0.3) is 0 Å². The fourth-order valence-electron chi connectivity index (χ4n) is 3.94. The second kappa shape index (κ2) is 5.15. The van der Waals surface area contributed by atoms with E-state index in [4.69, 9.17) is 5.84 Å². The molecule has 1 atom stereocenters. The monoisotopic (exact) mass is 279 g/mol. The first-order valence-corrected chi connectivity index (χ1v) is 7.81. The lowest BCUT2D eigenvalue weighted by Crippen LogP contribution is -2.54. The zero-order valence-corrected chi connectivity index (χ0v) is 12.7. The molecule has 0 bridgehead atoms. The summed E-state index contributed by atoms with van der Waals surface area (Å²) < 4.78 is 13.2. The molecule has 0 aromatic rings. The molecule has 0 aromatic heterocycles. The number of rotatable bonds is 2. The van der Waals surface area contributed by atoms with Gasteiger partial charge in [-0.1, -0.05) is 11.6 Å². The van der Waals surface area contributed by atoms with Gasteiger partial charge in [0.25, 0.3) is 0 Å². The Morgan fingerprint density at radius 3 is 2.65 bits per heavy atom. The van der Waals surface area contributed by atoms with Crippen molar-refractivity contribution >= 4 is 0 Å². The molecule has 0 unspecified atom stereocenters. The first-order chi connectivity index (χ1) is 9.53. The van der Waals surface area contributed by atoms with E-state index in [2.05, 4.69) is 18.7 Å². The minimum Gasteiger partial charge on any atom is -0.313 e. The lowest BCUT2D eigenvalue weighted by molar-refractivity contribution is 0.0742. The topological polar surface area (TPSA) is 32.5 Å². The van der Waals surface area contributed by atoms with Gasteiger partial charge < -0.3 is 5.01 Å². The number of piperazine rings is 1. The molecule has 3 aliphatic rings. The van der Waals surface area contributed by atoms with E-state index in [1.54, 1.807) is 0 Å². The lowest BCUT2D eigenvalue weighted by Gasteiger charge is -2.44. The molecule has 0 amide bonds. The summed E-state index contributed by atoms with van der Waals surface area (Å²) in [5, 5.41) is 1.91. The van der Waals surface area contributed by atoms with E-state index in [9.17, 15) is 4.39 Å². The van der Waals surface area contributed by atoms with Crippen LogP contribution < -0.4 is 5.84 Å². The van der Waals surface area contributed by atoms with Crippen LogP contribution in [-0.4, -0.2) is 35.1 Å². The van der Waals surface area contributed by atoms with Crippen LogP contribution in [0.15, 0.2) is 23.2 Å². The molecule has 112 valence electrons. The van der Waals surface area contributed by atoms with Crippen LogP contribution in [0.3, 0.4) is 0 Å². The van der Waals surface area contributed by atoms with Gasteiger partial charge in [0.05, 0.1) is 5.83 Å². The van der Waals surface area contributed by atoms with Gasteiger partial charge >= 0.3 is 0 Å². The second-order valence-corrected chi connectivity index (χ2v) is 6.79. The maximum atomic E-state index is 13.2. The Hall–Kier alpha value is -0.870. The van der Waals surface area contributed by atoms with E-state index in [0.29, 0.717) is 17.9 Å². The Labute approximate surface area is 121 Å². The third-order valence-electron chi connectivity index (χ3n) is 5.38. The van der Waals surface area contributed by atoms with Gasteiger partial charge in [0.1, 0.15) is 0 Å². The van der Waals surface area contributed by atoms with Crippen molar-refractivity contribution in [3.8, 4) is 0 Å². The minimum absolute atomic E-state index is 0.0915. The summed E-state index contributed by atoms with van der Waals surface area (Å²) in [6, 6.07) is 0. The molecule has 1 aliphatic heterocycles. The molecule has 3 rings (SSSR count). The molecule has 2 fully saturated rings. The Morgan fingerprint density at radius 1 is 1.35 bits per heavy atom. The summed E-state index contributed by atoms with van der Waals surface area (Å²) in [7, 11) is 0. The number of nitrogens with two attached hydrogens (primary N) is 1. The summed E-state index contributed by atoms with van der Waals surface area (Å²) in [6.07, 6.45) is 6.92. The number of hydrogen-bond donors (Lipinski definition) is 1. The van der Waals surface area contributed by atoms with E-state index in [0.717, 1.165) is 32.5 Å². The van der Waals surface area contributed by atoms with Gasteiger partial charge in [0, 0.05) is 30.9 Å². The fourth-order valence-corrected chi connectivity index (χ4v) is 3.94. The molecule has 1 heterocycles. The third kappa shape index (κ3) is 2.40. The van der Waals surface area contributed by atoms with Gasteiger partial charge in [-0.25, -0.2) is 10.2 Å². The standard InChI is InChI=1S/C16H26FN3/c1-12(2)15-11-19(9-10-20(15)18)16(7-8-16)13-3-5-14(17)6-4-13/h5,13H,3-4,6-11,18H2,1-2H3/t13-/m0/s1. The first-order valence-electron chi connectivity index (χ1n) is 7.81. The highest BCUT2D eigenvalue weighted by Crippen LogP contribution is 2.53. The quantitative estimate of drug-likeness (QED) is 0.789. The Bertz CT molecular complexity index is 447. The Balaban J connectivity index is 1.74. The van der Waals surface area contributed by atoms with Crippen LogP contribution in [0.5, 0.6) is 0 Å². The van der Waals surface area contributed by atoms with Gasteiger partial charge in [-0.15, -0.1) is 0 Å². The highest BCUT2D eigenvalue weighted by molar-refractivity contribution is 5.19. The number of allylic oxidation sites excluding steroid dienone is 3. The first kappa shape index (κ1) is 14.1. The summed E-state index contributed by atoms with van der Waals surface area (Å²) in [6.45, 7) is 7.17. The van der Waals surface area contributed by atoms with Crippen molar-refractivity contribution in [3.05, 3.63) is 23.2 Å². The number of nitrogens with zero attached hydrogens (tertiary/aromatic N) is 2. The molecule has 4 heteroatoms. The van der Waals surface area contributed by atoms with Crippen molar-refractivity contribution < 1.29 is 4.39 Å². The largest absolute Gasteiger partial charge is 0.313 e. The average molecular weight is 279 g/mol. The molecule has 0 spiro atoms. The van der Waals surface area contributed by atoms with Crippen LogP contribution in [0.4, 0.5) is 4.39 Å². The molecule has 0 radical (unpaired) electrons. The van der Waals surface area contributed by atoms with E-state index >= 15 is 0 Å². The minimum atomic E-state index is 0.0915. The lowest BCUT2D eigenvalue weighted by atomic mass is 9.84. The predicted molar refractivity (Wildman–Crippen MR) is 79.3 cm³/mol. The summed E-state index contributed by atoms with van der Waals surface area (Å²) in [4.78, 5) is 2.63. The Kier molecular flexibility index (Phi) is 3.63. The van der Waals surface area contributed by atoms with Crippen LogP contribution in [0.2, 0.25) is 0 Å². The van der Waals surface area contributed by atoms with Crippen LogP contribution >= 0.6 is 0 Å². The average Bonchev–Trinajstić information content (AvgIpc) is 3.21. The molecule has 1 saturated heterocycles. The van der Waals surface area contributed by atoms with Crippen molar-refractivity contribution in [2.45, 2.75) is 51.5 Å². The van der Waals surface area contributed by atoms with Crippen molar-refractivity contribution in [1.82, 2.24) is 9.91 Å². The highest BCUT2D eigenvalue weighted by atomic mass is 19.1. The maximum absolute atomic E-state index is 13.2. The fraction of sp³-hybridized carbons (Fsp3) is 0.750. The summed E-state index contributed by atoms with van der Waals surface area (Å²) in [5.74, 6) is 6.81. The van der Waals surface area contributed by atoms with Crippen molar-refractivity contribution in [1.29, 1.82) is 0 Å². The number of hydrogen-bond acceptors (Lipinski definition) is 3. The second-order valence-electron chi connectivity index (χ2n) is 6.79. The Morgan fingerprint density at radius 2 is 2.10 bits per heavy atom. The van der Waals surface area contributed by atoms with Crippen molar-refractivity contribution in [2.24, 2.45) is 11.8 Å². The molecular formula is C16H26FN3. The van der Waals surface area contributed by atoms with E-state index in [-0.39, 0.29) is 5.83 Å². The molecule has 3 nitrogen and oxygen atoms in total. The van der Waals surface area contributed by atoms with Gasteiger partial charge in [0.15, 0.2) is 0 Å². The van der Waals surface area contributed by atoms with E-state index in [1.807, 2.05) is 11.1 Å².